The number of carbonyl (C=O) groups excluding carboxylic acids is 1. The predicted octanol–water partition coefficient (Wildman–Crippen LogP) is 12.2. The minimum atomic E-state index is -0.337. The van der Waals surface area contributed by atoms with Crippen LogP contribution in [-0.4, -0.2) is 20.9 Å². The van der Waals surface area contributed by atoms with Gasteiger partial charge in [-0.25, -0.2) is 4.98 Å². The van der Waals surface area contributed by atoms with E-state index in [1.165, 1.54) is 21.7 Å². The molecule has 0 saturated heterocycles. The first kappa shape index (κ1) is 37.4. The summed E-state index contributed by atoms with van der Waals surface area (Å²) in [6.07, 6.45) is 8.17. The van der Waals surface area contributed by atoms with Crippen molar-refractivity contribution in [2.24, 2.45) is 10.8 Å². The Kier molecular flexibility index (Phi) is 11.4. The number of fused-ring (bicyclic) bond motifs is 6. The van der Waals surface area contributed by atoms with Crippen molar-refractivity contribution in [1.82, 2.24) is 9.97 Å². The maximum atomic E-state index is 12.2. The zero-order chi connectivity index (χ0) is 34.1. The van der Waals surface area contributed by atoms with Gasteiger partial charge in [-0.2, -0.15) is 0 Å². The van der Waals surface area contributed by atoms with Crippen LogP contribution in [0, 0.1) is 16.9 Å². The largest absolute Gasteiger partial charge is 0.512 e. The molecule has 1 N–H and O–H groups in total. The van der Waals surface area contributed by atoms with Crippen LogP contribution in [0.15, 0.2) is 77.4 Å². The SMILES string of the molecule is CC(C)(C)c1cc(-c2ncnc3sc4ccc5occc5c4c23)[c-]c2ccccc12.CCC(C)(CC)C(=O)/C=C(\O)C(C)(CC)CC.[Ir]. The van der Waals surface area contributed by atoms with Crippen LogP contribution in [-0.2, 0) is 30.3 Å². The van der Waals surface area contributed by atoms with Gasteiger partial charge < -0.3 is 9.52 Å². The monoisotopic (exact) mass is 840 g/mol. The fourth-order valence-corrected chi connectivity index (χ4v) is 7.07. The van der Waals surface area contributed by atoms with Crippen molar-refractivity contribution in [3.05, 3.63) is 84.6 Å². The van der Waals surface area contributed by atoms with Crippen molar-refractivity contribution in [3.8, 4) is 11.3 Å². The fraction of sp³-hybridized carbons (Fsp3) is 0.390. The number of thiophene rings is 1. The van der Waals surface area contributed by atoms with Gasteiger partial charge in [0.15, 0.2) is 5.78 Å². The van der Waals surface area contributed by atoms with E-state index in [2.05, 4.69) is 68.2 Å². The van der Waals surface area contributed by atoms with Crippen LogP contribution in [0.3, 0.4) is 0 Å². The molecular formula is C41H47IrN2O3S-. The maximum absolute atomic E-state index is 12.2. The Bertz CT molecular complexity index is 2090. The molecule has 0 amide bonds. The molecule has 3 aromatic heterocycles. The van der Waals surface area contributed by atoms with Gasteiger partial charge in [0.1, 0.15) is 22.5 Å². The van der Waals surface area contributed by atoms with Gasteiger partial charge in [-0.1, -0.05) is 91.5 Å². The van der Waals surface area contributed by atoms with Gasteiger partial charge in [-0.3, -0.25) is 9.78 Å². The van der Waals surface area contributed by atoms with Crippen molar-refractivity contribution >= 4 is 59.2 Å². The molecule has 0 aliphatic heterocycles. The molecule has 0 fully saturated rings. The number of carbonyl (C=O) groups is 1. The van der Waals surface area contributed by atoms with Crippen molar-refractivity contribution in [3.63, 3.8) is 0 Å². The number of rotatable bonds is 8. The number of ketones is 1. The van der Waals surface area contributed by atoms with E-state index in [0.717, 1.165) is 68.9 Å². The van der Waals surface area contributed by atoms with Crippen LogP contribution < -0.4 is 0 Å². The van der Waals surface area contributed by atoms with Crippen LogP contribution in [0.1, 0.15) is 93.6 Å². The van der Waals surface area contributed by atoms with Gasteiger partial charge in [-0.05, 0) is 49.3 Å². The van der Waals surface area contributed by atoms with Crippen molar-refractivity contribution in [2.45, 2.75) is 93.4 Å². The summed E-state index contributed by atoms with van der Waals surface area (Å²) in [4.78, 5) is 22.5. The third kappa shape index (κ3) is 7.01. The molecule has 0 aliphatic rings. The molecule has 0 aliphatic carbocycles. The molecule has 7 heteroatoms. The molecule has 1 radical (unpaired) electrons. The minimum absolute atomic E-state index is 0. The third-order valence-corrected chi connectivity index (χ3v) is 11.4. The summed E-state index contributed by atoms with van der Waals surface area (Å²) in [5.41, 5.74) is 3.52. The number of hydrogen-bond donors (Lipinski definition) is 1. The van der Waals surface area contributed by atoms with Crippen LogP contribution >= 0.6 is 11.3 Å². The number of hydrogen-bond acceptors (Lipinski definition) is 6. The first-order chi connectivity index (χ1) is 22.3. The van der Waals surface area contributed by atoms with Gasteiger partial charge in [0.2, 0.25) is 0 Å². The van der Waals surface area contributed by atoms with Gasteiger partial charge >= 0.3 is 0 Å². The Morgan fingerprint density at radius 1 is 0.875 bits per heavy atom. The van der Waals surface area contributed by atoms with E-state index >= 15 is 0 Å². The number of nitrogens with zero attached hydrogens (tertiary/aromatic N) is 2. The molecule has 5 nitrogen and oxygen atoms in total. The summed E-state index contributed by atoms with van der Waals surface area (Å²) in [5, 5.41) is 15.8. The minimum Gasteiger partial charge on any atom is -0.512 e. The van der Waals surface area contributed by atoms with E-state index in [0.29, 0.717) is 0 Å². The number of aromatic nitrogens is 2. The number of aliphatic hydroxyl groups excluding tert-OH is 1. The van der Waals surface area contributed by atoms with E-state index in [-0.39, 0.29) is 47.9 Å². The van der Waals surface area contributed by atoms with Gasteiger partial charge in [0.05, 0.1) is 6.26 Å². The Balaban J connectivity index is 0.000000251. The molecule has 0 saturated carbocycles. The van der Waals surface area contributed by atoms with Gasteiger partial charge in [0, 0.05) is 63.6 Å². The second-order valence-electron chi connectivity index (χ2n) is 14.1. The Morgan fingerprint density at radius 3 is 2.19 bits per heavy atom. The third-order valence-electron chi connectivity index (χ3n) is 10.3. The molecule has 0 bridgehead atoms. The Hall–Kier alpha value is -3.38. The molecule has 48 heavy (non-hydrogen) atoms. The second kappa shape index (κ2) is 14.6. The number of aliphatic hydroxyl groups is 1. The van der Waals surface area contributed by atoms with E-state index in [1.54, 1.807) is 23.9 Å². The number of furan rings is 1. The van der Waals surface area contributed by atoms with Crippen LogP contribution in [0.4, 0.5) is 0 Å². The maximum Gasteiger partial charge on any atom is 0.164 e. The average molecular weight is 840 g/mol. The molecule has 3 aromatic carbocycles. The standard InChI is InChI=1S/C26H19N2OS.C15H28O2.Ir/c1-26(2,3)19-13-16(12-15-6-4-5-7-17(15)19)24-23-22-18-10-11-29-20(18)8-9-21(22)30-25(23)28-14-27-24;1-7-14(5,8-2)12(16)11-13(17)15(6,9-3)10-4;/h4-11,13-14H,1-3H3;11,16H,7-10H2,1-6H3;/q-1;;/b;12-11-;. The topological polar surface area (TPSA) is 76.2 Å². The second-order valence-corrected chi connectivity index (χ2v) is 15.1. The molecule has 3 heterocycles. The molecular weight excluding hydrogens is 793 g/mol. The molecule has 6 aromatic rings. The summed E-state index contributed by atoms with van der Waals surface area (Å²) in [6, 6.07) is 20.5. The average Bonchev–Trinajstić information content (AvgIpc) is 3.71. The molecule has 0 atom stereocenters. The van der Waals surface area contributed by atoms with Crippen molar-refractivity contribution in [1.29, 1.82) is 0 Å². The smallest absolute Gasteiger partial charge is 0.164 e. The van der Waals surface area contributed by atoms with E-state index < -0.39 is 0 Å². The summed E-state index contributed by atoms with van der Waals surface area (Å²) in [5.74, 6) is 0.286. The summed E-state index contributed by atoms with van der Waals surface area (Å²) in [6.45, 7) is 18.8. The van der Waals surface area contributed by atoms with Crippen molar-refractivity contribution in [2.75, 3.05) is 0 Å². The number of allylic oxidation sites excluding steroid dienone is 2. The summed E-state index contributed by atoms with van der Waals surface area (Å²) >= 11 is 1.70. The van der Waals surface area contributed by atoms with E-state index in [1.807, 2.05) is 53.7 Å². The van der Waals surface area contributed by atoms with Crippen LogP contribution in [0.25, 0.3) is 53.3 Å². The van der Waals surface area contributed by atoms with Crippen LogP contribution in [0.2, 0.25) is 0 Å². The molecule has 255 valence electrons. The van der Waals surface area contributed by atoms with Gasteiger partial charge in [-0.15, -0.1) is 40.5 Å². The summed E-state index contributed by atoms with van der Waals surface area (Å²) in [7, 11) is 0. The Labute approximate surface area is 302 Å². The zero-order valence-electron chi connectivity index (χ0n) is 29.6. The zero-order valence-corrected chi connectivity index (χ0v) is 32.8. The first-order valence-electron chi connectivity index (χ1n) is 16.7. The van der Waals surface area contributed by atoms with E-state index in [9.17, 15) is 9.90 Å². The molecule has 6 rings (SSSR count). The van der Waals surface area contributed by atoms with E-state index in [4.69, 9.17) is 9.40 Å². The number of benzene rings is 3. The van der Waals surface area contributed by atoms with Crippen LogP contribution in [0.5, 0.6) is 0 Å². The molecule has 0 unspecified atom stereocenters. The normalized spacial score (nSPS) is 12.7. The van der Waals surface area contributed by atoms with Gasteiger partial charge in [0.25, 0.3) is 0 Å². The predicted molar refractivity (Wildman–Crippen MR) is 198 cm³/mol. The Morgan fingerprint density at radius 2 is 1.54 bits per heavy atom. The quantitative estimate of drug-likeness (QED) is 0.0938. The first-order valence-corrected chi connectivity index (χ1v) is 17.6. The van der Waals surface area contributed by atoms with Crippen molar-refractivity contribution < 1.29 is 34.4 Å². The fourth-order valence-electron chi connectivity index (χ4n) is 6.01. The molecule has 0 spiro atoms. The summed E-state index contributed by atoms with van der Waals surface area (Å²) < 4.78 is 6.86.